The van der Waals surface area contributed by atoms with Crippen LogP contribution in [0, 0.1) is 5.41 Å². The summed E-state index contributed by atoms with van der Waals surface area (Å²) in [6.07, 6.45) is 2.27. The lowest BCUT2D eigenvalue weighted by Gasteiger charge is -2.27. The van der Waals surface area contributed by atoms with Crippen LogP contribution in [-0.4, -0.2) is 39.2 Å². The minimum absolute atomic E-state index is 0.108. The molecule has 0 saturated heterocycles. The molecule has 0 aliphatic heterocycles. The number of nitrogens with two attached hydrogens (primary N) is 1. The standard InChI is InChI=1S/C11H23NO3S/c1-3-15-9-11(8-12)6-5-10(7-11)16(13,14)4-2/h10H,3-9,12H2,1-2H3/t10-,11+/m1/s1. The summed E-state index contributed by atoms with van der Waals surface area (Å²) in [5.41, 5.74) is 5.67. The van der Waals surface area contributed by atoms with Gasteiger partial charge in [0.05, 0.1) is 11.9 Å². The smallest absolute Gasteiger partial charge is 0.152 e. The lowest BCUT2D eigenvalue weighted by Crippen LogP contribution is -2.34. The molecule has 1 fully saturated rings. The number of sulfone groups is 1. The van der Waals surface area contributed by atoms with Gasteiger partial charge in [-0.15, -0.1) is 0 Å². The monoisotopic (exact) mass is 249 g/mol. The van der Waals surface area contributed by atoms with Crippen LogP contribution in [0.5, 0.6) is 0 Å². The van der Waals surface area contributed by atoms with Crippen LogP contribution in [0.4, 0.5) is 0 Å². The Morgan fingerprint density at radius 2 is 2.12 bits per heavy atom. The van der Waals surface area contributed by atoms with E-state index in [1.54, 1.807) is 6.92 Å². The quantitative estimate of drug-likeness (QED) is 0.761. The average Bonchev–Trinajstić information content (AvgIpc) is 2.72. The molecule has 1 aliphatic rings. The maximum atomic E-state index is 11.8. The molecular formula is C11H23NO3S. The maximum absolute atomic E-state index is 11.8. The summed E-state index contributed by atoms with van der Waals surface area (Å²) in [6.45, 7) is 5.42. The number of rotatable bonds is 6. The van der Waals surface area contributed by atoms with Crippen molar-refractivity contribution in [1.82, 2.24) is 0 Å². The topological polar surface area (TPSA) is 69.4 Å². The molecule has 16 heavy (non-hydrogen) atoms. The van der Waals surface area contributed by atoms with Gasteiger partial charge in [0.25, 0.3) is 0 Å². The molecular weight excluding hydrogens is 226 g/mol. The largest absolute Gasteiger partial charge is 0.381 e. The van der Waals surface area contributed by atoms with Gasteiger partial charge in [-0.05, 0) is 26.2 Å². The number of hydrogen-bond acceptors (Lipinski definition) is 4. The first-order valence-corrected chi connectivity index (χ1v) is 7.70. The molecule has 96 valence electrons. The van der Waals surface area contributed by atoms with E-state index < -0.39 is 9.84 Å². The van der Waals surface area contributed by atoms with E-state index in [1.807, 2.05) is 6.92 Å². The van der Waals surface area contributed by atoms with Crippen LogP contribution < -0.4 is 5.73 Å². The second-order valence-electron chi connectivity index (χ2n) is 4.66. The van der Waals surface area contributed by atoms with E-state index in [-0.39, 0.29) is 16.4 Å². The van der Waals surface area contributed by atoms with Crippen molar-refractivity contribution in [2.45, 2.75) is 38.4 Å². The van der Waals surface area contributed by atoms with Crippen molar-refractivity contribution in [2.75, 3.05) is 25.5 Å². The summed E-state index contributed by atoms with van der Waals surface area (Å²) >= 11 is 0. The van der Waals surface area contributed by atoms with E-state index in [9.17, 15) is 8.42 Å². The zero-order valence-corrected chi connectivity index (χ0v) is 11.1. The van der Waals surface area contributed by atoms with Crippen LogP contribution >= 0.6 is 0 Å². The number of hydrogen-bond donors (Lipinski definition) is 1. The lowest BCUT2D eigenvalue weighted by atomic mass is 9.87. The highest BCUT2D eigenvalue weighted by molar-refractivity contribution is 7.92. The van der Waals surface area contributed by atoms with Crippen LogP contribution in [0.3, 0.4) is 0 Å². The molecule has 0 amide bonds. The summed E-state index contributed by atoms with van der Waals surface area (Å²) in [7, 11) is -2.92. The second kappa shape index (κ2) is 5.47. The third-order valence-electron chi connectivity index (χ3n) is 3.61. The van der Waals surface area contributed by atoms with E-state index in [0.29, 0.717) is 26.2 Å². The van der Waals surface area contributed by atoms with E-state index >= 15 is 0 Å². The fraction of sp³-hybridized carbons (Fsp3) is 1.00. The molecule has 1 rings (SSSR count). The summed E-state index contributed by atoms with van der Waals surface area (Å²) in [5, 5.41) is -0.207. The van der Waals surface area contributed by atoms with Crippen molar-refractivity contribution in [3.8, 4) is 0 Å². The maximum Gasteiger partial charge on any atom is 0.152 e. The van der Waals surface area contributed by atoms with Crippen LogP contribution in [0.15, 0.2) is 0 Å². The molecule has 0 aromatic heterocycles. The van der Waals surface area contributed by atoms with Crippen LogP contribution in [0.2, 0.25) is 0 Å². The lowest BCUT2D eigenvalue weighted by molar-refractivity contribution is 0.0589. The van der Waals surface area contributed by atoms with Gasteiger partial charge >= 0.3 is 0 Å². The summed E-state index contributed by atoms with van der Waals surface area (Å²) < 4.78 is 29.0. The molecule has 1 saturated carbocycles. The second-order valence-corrected chi connectivity index (χ2v) is 7.23. The van der Waals surface area contributed by atoms with Crippen molar-refractivity contribution in [1.29, 1.82) is 0 Å². The summed E-state index contributed by atoms with van der Waals surface area (Å²) in [4.78, 5) is 0. The van der Waals surface area contributed by atoms with Crippen molar-refractivity contribution in [3.05, 3.63) is 0 Å². The van der Waals surface area contributed by atoms with Crippen molar-refractivity contribution in [3.63, 3.8) is 0 Å². The molecule has 0 bridgehead atoms. The molecule has 0 unspecified atom stereocenters. The molecule has 2 N–H and O–H groups in total. The molecule has 0 heterocycles. The minimum Gasteiger partial charge on any atom is -0.381 e. The Bertz CT molecular complexity index is 315. The molecule has 0 aromatic carbocycles. The molecule has 0 spiro atoms. The molecule has 2 atom stereocenters. The number of ether oxygens (including phenoxy) is 1. The SMILES string of the molecule is CCOC[C@@]1(CN)CC[C@@H](S(=O)(=O)CC)C1. The Kier molecular flexibility index (Phi) is 4.76. The zero-order chi connectivity index (χ0) is 12.2. The first-order chi connectivity index (χ1) is 7.49. The van der Waals surface area contributed by atoms with Crippen molar-refractivity contribution in [2.24, 2.45) is 11.1 Å². The summed E-state index contributed by atoms with van der Waals surface area (Å²) in [5.74, 6) is 0.229. The Labute approximate surface area is 98.5 Å². The Morgan fingerprint density at radius 1 is 1.44 bits per heavy atom. The summed E-state index contributed by atoms with van der Waals surface area (Å²) in [6, 6.07) is 0. The van der Waals surface area contributed by atoms with Gasteiger partial charge in [0, 0.05) is 24.3 Å². The highest BCUT2D eigenvalue weighted by atomic mass is 32.2. The van der Waals surface area contributed by atoms with Crippen molar-refractivity contribution >= 4 is 9.84 Å². The fourth-order valence-electron chi connectivity index (χ4n) is 2.39. The molecule has 0 radical (unpaired) electrons. The minimum atomic E-state index is -2.92. The highest BCUT2D eigenvalue weighted by Crippen LogP contribution is 2.40. The Hall–Kier alpha value is -0.130. The Balaban J connectivity index is 2.67. The van der Waals surface area contributed by atoms with Crippen LogP contribution in [-0.2, 0) is 14.6 Å². The third-order valence-corrected chi connectivity index (χ3v) is 5.84. The van der Waals surface area contributed by atoms with Crippen molar-refractivity contribution < 1.29 is 13.2 Å². The van der Waals surface area contributed by atoms with E-state index in [1.165, 1.54) is 0 Å². The highest BCUT2D eigenvalue weighted by Gasteiger charge is 2.42. The predicted octanol–water partition coefficient (Wildman–Crippen LogP) is 0.955. The Morgan fingerprint density at radius 3 is 2.62 bits per heavy atom. The molecule has 4 nitrogen and oxygen atoms in total. The normalized spacial score (nSPS) is 30.8. The first-order valence-electron chi connectivity index (χ1n) is 5.99. The van der Waals surface area contributed by atoms with Gasteiger partial charge in [-0.2, -0.15) is 0 Å². The van der Waals surface area contributed by atoms with Gasteiger partial charge < -0.3 is 10.5 Å². The fourth-order valence-corrected chi connectivity index (χ4v) is 3.95. The average molecular weight is 249 g/mol. The van der Waals surface area contributed by atoms with Gasteiger partial charge in [0.15, 0.2) is 9.84 Å². The van der Waals surface area contributed by atoms with Gasteiger partial charge in [-0.3, -0.25) is 0 Å². The molecule has 0 aromatic rings. The third kappa shape index (κ3) is 2.96. The first kappa shape index (κ1) is 13.9. The van der Waals surface area contributed by atoms with E-state index in [0.717, 1.165) is 12.8 Å². The van der Waals surface area contributed by atoms with E-state index in [4.69, 9.17) is 10.5 Å². The molecule has 1 aliphatic carbocycles. The predicted molar refractivity (Wildman–Crippen MR) is 65.1 cm³/mol. The van der Waals surface area contributed by atoms with E-state index in [2.05, 4.69) is 0 Å². The van der Waals surface area contributed by atoms with Gasteiger partial charge in [0.2, 0.25) is 0 Å². The van der Waals surface area contributed by atoms with Gasteiger partial charge in [-0.1, -0.05) is 6.92 Å². The van der Waals surface area contributed by atoms with Crippen LogP contribution in [0.1, 0.15) is 33.1 Å². The zero-order valence-electron chi connectivity index (χ0n) is 10.2. The molecule has 5 heteroatoms. The van der Waals surface area contributed by atoms with Crippen LogP contribution in [0.25, 0.3) is 0 Å². The van der Waals surface area contributed by atoms with Gasteiger partial charge in [-0.25, -0.2) is 8.42 Å². The van der Waals surface area contributed by atoms with Gasteiger partial charge in [0.1, 0.15) is 0 Å².